The summed E-state index contributed by atoms with van der Waals surface area (Å²) in [5, 5.41) is 7.31. The highest BCUT2D eigenvalue weighted by atomic mass is 16.5. The summed E-state index contributed by atoms with van der Waals surface area (Å²) in [6, 6.07) is 17.3. The second-order valence-corrected chi connectivity index (χ2v) is 6.52. The van der Waals surface area contributed by atoms with Crippen LogP contribution in [0, 0.1) is 0 Å². The van der Waals surface area contributed by atoms with Gasteiger partial charge in [0, 0.05) is 6.42 Å². The van der Waals surface area contributed by atoms with E-state index in [1.807, 2.05) is 60.7 Å². The second-order valence-electron chi connectivity index (χ2n) is 6.52. The fourth-order valence-electron chi connectivity index (χ4n) is 2.56. The molecule has 0 radical (unpaired) electrons. The van der Waals surface area contributed by atoms with Crippen molar-refractivity contribution in [3.05, 3.63) is 71.8 Å². The van der Waals surface area contributed by atoms with Crippen LogP contribution in [0.4, 0.5) is 4.79 Å². The molecule has 0 bridgehead atoms. The van der Waals surface area contributed by atoms with Crippen LogP contribution in [0.2, 0.25) is 0 Å². The van der Waals surface area contributed by atoms with Crippen LogP contribution in [0.25, 0.3) is 0 Å². The number of benzene rings is 2. The molecule has 0 saturated heterocycles. The van der Waals surface area contributed by atoms with Crippen LogP contribution in [-0.4, -0.2) is 50.1 Å². The molecule has 1 atom stereocenters. The van der Waals surface area contributed by atoms with E-state index in [4.69, 9.17) is 4.74 Å². The van der Waals surface area contributed by atoms with Gasteiger partial charge in [-0.1, -0.05) is 60.7 Å². The molecular formula is C22H25N3O6. The van der Waals surface area contributed by atoms with Crippen LogP contribution in [0.3, 0.4) is 0 Å². The molecule has 0 saturated carbocycles. The number of esters is 1. The third-order valence-corrected chi connectivity index (χ3v) is 4.18. The molecule has 2 rings (SSSR count). The Kier molecular flexibility index (Phi) is 9.54. The van der Waals surface area contributed by atoms with Crippen molar-refractivity contribution in [2.75, 3.05) is 20.2 Å². The lowest BCUT2D eigenvalue weighted by atomic mass is 10.1. The van der Waals surface area contributed by atoms with E-state index in [9.17, 15) is 19.2 Å². The van der Waals surface area contributed by atoms with Gasteiger partial charge in [-0.15, -0.1) is 0 Å². The predicted molar refractivity (Wildman–Crippen MR) is 112 cm³/mol. The van der Waals surface area contributed by atoms with Crippen molar-refractivity contribution >= 4 is 23.9 Å². The molecule has 0 fully saturated rings. The average molecular weight is 427 g/mol. The number of alkyl carbamates (subject to hydrolysis) is 1. The lowest BCUT2D eigenvalue weighted by molar-refractivity contribution is -0.141. The highest BCUT2D eigenvalue weighted by Gasteiger charge is 2.22. The van der Waals surface area contributed by atoms with E-state index in [1.54, 1.807) is 0 Å². The molecule has 164 valence electrons. The Morgan fingerprint density at radius 1 is 0.839 bits per heavy atom. The number of hydrogen-bond donors (Lipinski definition) is 3. The first-order valence-corrected chi connectivity index (χ1v) is 9.60. The summed E-state index contributed by atoms with van der Waals surface area (Å²) in [5.41, 5.74) is 1.63. The average Bonchev–Trinajstić information content (AvgIpc) is 2.80. The van der Waals surface area contributed by atoms with Crippen LogP contribution in [0.1, 0.15) is 11.1 Å². The maximum Gasteiger partial charge on any atom is 0.408 e. The van der Waals surface area contributed by atoms with Crippen molar-refractivity contribution < 1.29 is 28.7 Å². The number of carbonyl (C=O) groups is 4. The van der Waals surface area contributed by atoms with Crippen molar-refractivity contribution in [3.8, 4) is 0 Å². The molecule has 2 aromatic carbocycles. The topological polar surface area (TPSA) is 123 Å². The Morgan fingerprint density at radius 3 is 2.06 bits per heavy atom. The SMILES string of the molecule is COC(=O)CNC(=O)CNC(=O)[C@@H](Cc1ccccc1)NC(=O)OCc1ccccc1. The standard InChI is InChI=1S/C22H25N3O6/c1-30-20(27)14-23-19(26)13-24-21(28)18(12-16-8-4-2-5-9-16)25-22(29)31-15-17-10-6-3-7-11-17/h2-11,18H,12-15H2,1H3,(H,23,26)(H,24,28)(H,25,29)/t18-/m1/s1. The van der Waals surface area contributed by atoms with Gasteiger partial charge >= 0.3 is 12.1 Å². The van der Waals surface area contributed by atoms with Gasteiger partial charge in [0.15, 0.2) is 0 Å². The van der Waals surface area contributed by atoms with Crippen molar-refractivity contribution in [2.45, 2.75) is 19.1 Å². The Labute approximate surface area is 180 Å². The van der Waals surface area contributed by atoms with Crippen molar-refractivity contribution in [2.24, 2.45) is 0 Å². The zero-order valence-corrected chi connectivity index (χ0v) is 17.1. The minimum absolute atomic E-state index is 0.0578. The highest BCUT2D eigenvalue weighted by Crippen LogP contribution is 2.05. The molecule has 0 spiro atoms. The number of nitrogens with one attached hydrogen (secondary N) is 3. The fraction of sp³-hybridized carbons (Fsp3) is 0.273. The normalized spacial score (nSPS) is 11.0. The third kappa shape index (κ3) is 8.99. The molecule has 9 heteroatoms. The largest absolute Gasteiger partial charge is 0.468 e. The van der Waals surface area contributed by atoms with E-state index in [2.05, 4.69) is 20.7 Å². The summed E-state index contributed by atoms with van der Waals surface area (Å²) in [4.78, 5) is 47.7. The van der Waals surface area contributed by atoms with Crippen LogP contribution in [-0.2, 0) is 36.9 Å². The Hall–Kier alpha value is -3.88. The van der Waals surface area contributed by atoms with E-state index in [0.29, 0.717) is 0 Å². The van der Waals surface area contributed by atoms with E-state index in [0.717, 1.165) is 11.1 Å². The molecule has 2 aromatic rings. The molecule has 0 aromatic heterocycles. The molecule has 0 unspecified atom stereocenters. The van der Waals surface area contributed by atoms with Crippen molar-refractivity contribution in [3.63, 3.8) is 0 Å². The second kappa shape index (κ2) is 12.6. The van der Waals surface area contributed by atoms with Gasteiger partial charge in [-0.3, -0.25) is 14.4 Å². The highest BCUT2D eigenvalue weighted by molar-refractivity contribution is 5.90. The molecule has 0 heterocycles. The summed E-state index contributed by atoms with van der Waals surface area (Å²) in [5.74, 6) is -1.73. The number of carbonyl (C=O) groups excluding carboxylic acids is 4. The molecule has 9 nitrogen and oxygen atoms in total. The van der Waals surface area contributed by atoms with Crippen LogP contribution in [0.5, 0.6) is 0 Å². The molecule has 31 heavy (non-hydrogen) atoms. The van der Waals surface area contributed by atoms with Crippen molar-refractivity contribution in [1.29, 1.82) is 0 Å². The van der Waals surface area contributed by atoms with Gasteiger partial charge < -0.3 is 25.4 Å². The van der Waals surface area contributed by atoms with E-state index in [1.165, 1.54) is 7.11 Å². The monoisotopic (exact) mass is 427 g/mol. The van der Waals surface area contributed by atoms with E-state index >= 15 is 0 Å². The van der Waals surface area contributed by atoms with E-state index in [-0.39, 0.29) is 26.1 Å². The molecule has 3 amide bonds. The lowest BCUT2D eigenvalue weighted by Crippen LogP contribution is -2.50. The van der Waals surface area contributed by atoms with Gasteiger partial charge in [-0.2, -0.15) is 0 Å². The quantitative estimate of drug-likeness (QED) is 0.485. The third-order valence-electron chi connectivity index (χ3n) is 4.18. The Morgan fingerprint density at radius 2 is 1.45 bits per heavy atom. The van der Waals surface area contributed by atoms with Gasteiger partial charge in [0.05, 0.1) is 13.7 Å². The molecule has 0 aliphatic heterocycles. The molecule has 0 aliphatic rings. The smallest absolute Gasteiger partial charge is 0.408 e. The van der Waals surface area contributed by atoms with Crippen LogP contribution in [0.15, 0.2) is 60.7 Å². The van der Waals surface area contributed by atoms with Gasteiger partial charge in [-0.05, 0) is 11.1 Å². The van der Waals surface area contributed by atoms with Crippen LogP contribution >= 0.6 is 0 Å². The summed E-state index contributed by atoms with van der Waals surface area (Å²) >= 11 is 0. The number of rotatable bonds is 10. The van der Waals surface area contributed by atoms with E-state index < -0.39 is 29.9 Å². The first kappa shape index (κ1) is 23.4. The lowest BCUT2D eigenvalue weighted by Gasteiger charge is -2.18. The van der Waals surface area contributed by atoms with Gasteiger partial charge in [-0.25, -0.2) is 4.79 Å². The number of hydrogen-bond acceptors (Lipinski definition) is 6. The number of amides is 3. The Bertz CT molecular complexity index is 873. The maximum absolute atomic E-state index is 12.6. The first-order chi connectivity index (χ1) is 15.0. The summed E-state index contributed by atoms with van der Waals surface area (Å²) in [6.45, 7) is -0.604. The van der Waals surface area contributed by atoms with Gasteiger partial charge in [0.2, 0.25) is 11.8 Å². The summed E-state index contributed by atoms with van der Waals surface area (Å²) < 4.78 is 9.62. The van der Waals surface area contributed by atoms with Crippen molar-refractivity contribution in [1.82, 2.24) is 16.0 Å². The minimum Gasteiger partial charge on any atom is -0.468 e. The maximum atomic E-state index is 12.6. The van der Waals surface area contributed by atoms with Gasteiger partial charge in [0.25, 0.3) is 0 Å². The summed E-state index contributed by atoms with van der Waals surface area (Å²) in [6.07, 6.45) is -0.549. The van der Waals surface area contributed by atoms with Crippen LogP contribution < -0.4 is 16.0 Å². The predicted octanol–water partition coefficient (Wildman–Crippen LogP) is 0.930. The molecule has 3 N–H and O–H groups in total. The van der Waals surface area contributed by atoms with Gasteiger partial charge in [0.1, 0.15) is 19.2 Å². The molecular weight excluding hydrogens is 402 g/mol. The fourth-order valence-corrected chi connectivity index (χ4v) is 2.56. The number of ether oxygens (including phenoxy) is 2. The zero-order valence-electron chi connectivity index (χ0n) is 17.1. The minimum atomic E-state index is -0.959. The molecule has 0 aliphatic carbocycles. The number of methoxy groups -OCH3 is 1. The summed E-state index contributed by atoms with van der Waals surface area (Å²) in [7, 11) is 1.20. The zero-order chi connectivity index (χ0) is 22.5. The first-order valence-electron chi connectivity index (χ1n) is 9.60. The Balaban J connectivity index is 1.92.